The number of imidazole rings is 2. The first-order chi connectivity index (χ1) is 42.4. The minimum Gasteiger partial charge on any atom is -0.420 e. The van der Waals surface area contributed by atoms with Gasteiger partial charge in [-0.15, -0.1) is 0 Å². The summed E-state index contributed by atoms with van der Waals surface area (Å²) in [4.78, 5) is 54.1. The SMILES string of the molecule is CCCCc1nc2c(N)nc3ccc(C4CCN(CCOCCC(C)=O)CC4)cc3c2n1CCCCN(C)C.CCCCc1nc2c(N)nc3ccc(N4CCN(CCOCCC(=O)Oc5c(F)c(F)cc(F)c5F)CC4)cc3c2n1CCCCN(C)C. The molecular formula is C66H93F4N13O5. The van der Waals surface area contributed by atoms with Crippen LogP contribution in [0.4, 0.5) is 34.9 Å². The fraction of sp³-hybridized carbons (Fsp3) is 0.576. The predicted molar refractivity (Wildman–Crippen MR) is 342 cm³/mol. The van der Waals surface area contributed by atoms with Crippen LogP contribution in [-0.4, -0.2) is 180 Å². The van der Waals surface area contributed by atoms with E-state index in [0.29, 0.717) is 50.3 Å². The number of unbranched alkanes of at least 4 members (excludes halogenated alkanes) is 4. The number of fused-ring (bicyclic) bond motifs is 6. The third-order valence-corrected chi connectivity index (χ3v) is 16.8. The molecule has 480 valence electrons. The molecule has 0 bridgehead atoms. The number of halogens is 4. The van der Waals surface area contributed by atoms with Crippen LogP contribution in [0.25, 0.3) is 43.9 Å². The number of ketones is 1. The zero-order valence-electron chi connectivity index (χ0n) is 53.0. The number of Topliss-reactive ketones (excluding diaryl/α,β-unsaturated/α-hetero) is 1. The number of pyridine rings is 2. The molecule has 6 heterocycles. The predicted octanol–water partition coefficient (Wildman–Crippen LogP) is 10.6. The molecule has 2 fully saturated rings. The van der Waals surface area contributed by atoms with Crippen molar-refractivity contribution in [1.29, 1.82) is 0 Å². The number of likely N-dealkylation sites (tertiary alicyclic amines) is 1. The zero-order valence-corrected chi connectivity index (χ0v) is 53.0. The topological polar surface area (TPSA) is 191 Å². The van der Waals surface area contributed by atoms with Crippen molar-refractivity contribution in [2.45, 2.75) is 130 Å². The number of anilines is 3. The number of esters is 1. The number of aryl methyl sites for hydroxylation is 4. The van der Waals surface area contributed by atoms with Gasteiger partial charge in [-0.1, -0.05) is 32.8 Å². The van der Waals surface area contributed by atoms with Crippen LogP contribution >= 0.6 is 0 Å². The van der Waals surface area contributed by atoms with Crippen molar-refractivity contribution < 1.29 is 41.4 Å². The largest absolute Gasteiger partial charge is 0.420 e. The molecule has 22 heteroatoms. The number of nitrogens with zero attached hydrogens (tertiary/aromatic N) is 11. The second-order valence-corrected chi connectivity index (χ2v) is 24.1. The number of nitrogen functional groups attached to an aromatic ring is 2. The lowest BCUT2D eigenvalue weighted by Crippen LogP contribution is -2.47. The summed E-state index contributed by atoms with van der Waals surface area (Å²) in [6, 6.07) is 13.2. The Morgan fingerprint density at radius 2 is 1.09 bits per heavy atom. The minimum absolute atomic E-state index is 0.0496. The van der Waals surface area contributed by atoms with Gasteiger partial charge >= 0.3 is 5.97 Å². The molecule has 4 N–H and O–H groups in total. The molecule has 3 aromatic carbocycles. The standard InChI is InChI=1S/C35H45F4N7O3.C31H48N6O2/c1-4-5-8-28-42-32-33(46(28)13-7-6-12-43(2)3)24-21-23(9-10-27(24)41-35(32)40)45-16-14-44(15-17-45)18-20-48-19-11-29(47)49-34-30(38)25(36)22-26(37)31(34)39;1-5-6-9-28-34-29-30(37(28)16-8-7-15-35(3)4)26-22-25(10-11-27(26)33-31(29)32)24-12-17-36(18-13-24)19-21-39-20-14-23(2)38/h9-10,21-22H,4-8,11-20H2,1-3H3,(H2,40,41);10-11,22,24H,5-9,12-21H2,1-4H3,(H2,32,33). The van der Waals surface area contributed by atoms with Crippen molar-refractivity contribution in [1.82, 2.24) is 48.7 Å². The van der Waals surface area contributed by atoms with Gasteiger partial charge in [-0.3, -0.25) is 14.5 Å². The molecule has 0 spiro atoms. The maximum Gasteiger partial charge on any atom is 0.313 e. The maximum atomic E-state index is 13.7. The average molecular weight is 1220 g/mol. The molecule has 0 unspecified atom stereocenters. The van der Waals surface area contributed by atoms with Crippen molar-refractivity contribution in [3.8, 4) is 5.75 Å². The van der Waals surface area contributed by atoms with Crippen LogP contribution in [-0.2, 0) is 45.0 Å². The van der Waals surface area contributed by atoms with Crippen LogP contribution in [0.5, 0.6) is 5.75 Å². The molecule has 0 aliphatic carbocycles. The van der Waals surface area contributed by atoms with E-state index in [-0.39, 0.29) is 24.9 Å². The Labute approximate surface area is 515 Å². The summed E-state index contributed by atoms with van der Waals surface area (Å²) < 4.78 is 74.7. The number of hydrogen-bond acceptors (Lipinski definition) is 16. The second-order valence-electron chi connectivity index (χ2n) is 24.1. The van der Waals surface area contributed by atoms with E-state index >= 15 is 0 Å². The normalized spacial score (nSPS) is 14.6. The van der Waals surface area contributed by atoms with Gasteiger partial charge in [0.2, 0.25) is 17.4 Å². The first kappa shape index (κ1) is 67.4. The van der Waals surface area contributed by atoms with Crippen LogP contribution in [0.15, 0.2) is 42.5 Å². The second kappa shape index (κ2) is 32.8. The molecule has 0 atom stereocenters. The lowest BCUT2D eigenvalue weighted by atomic mass is 9.88. The molecule has 88 heavy (non-hydrogen) atoms. The Morgan fingerprint density at radius 3 is 1.60 bits per heavy atom. The number of carbonyl (C=O) groups is 2. The van der Waals surface area contributed by atoms with Crippen LogP contribution in [0.2, 0.25) is 0 Å². The van der Waals surface area contributed by atoms with Gasteiger partial charge in [-0.25, -0.2) is 28.7 Å². The summed E-state index contributed by atoms with van der Waals surface area (Å²) in [6.07, 6.45) is 13.1. The Kier molecular flexibility index (Phi) is 25.1. The summed E-state index contributed by atoms with van der Waals surface area (Å²) in [5.41, 5.74) is 21.1. The van der Waals surface area contributed by atoms with E-state index in [1.54, 1.807) is 6.92 Å². The van der Waals surface area contributed by atoms with Gasteiger partial charge in [-0.2, -0.15) is 8.78 Å². The number of nitrogens with two attached hydrogens (primary N) is 2. The number of hydrogen-bond donors (Lipinski definition) is 2. The number of aromatic nitrogens is 6. The Hall–Kier alpha value is -6.56. The highest BCUT2D eigenvalue weighted by atomic mass is 19.2. The third-order valence-electron chi connectivity index (χ3n) is 16.8. The molecule has 4 aromatic heterocycles. The molecule has 18 nitrogen and oxygen atoms in total. The van der Waals surface area contributed by atoms with E-state index in [1.807, 2.05) is 6.07 Å². The van der Waals surface area contributed by atoms with E-state index in [4.69, 9.17) is 40.9 Å². The van der Waals surface area contributed by atoms with Gasteiger partial charge in [-0.05, 0) is 154 Å². The highest BCUT2D eigenvalue weighted by Crippen LogP contribution is 2.36. The fourth-order valence-corrected chi connectivity index (χ4v) is 11.8. The number of ether oxygens (including phenoxy) is 3. The number of piperidine rings is 1. The van der Waals surface area contributed by atoms with Gasteiger partial charge in [0, 0.05) is 94.1 Å². The molecule has 2 aliphatic heterocycles. The number of piperazine rings is 1. The molecule has 2 saturated heterocycles. The lowest BCUT2D eigenvalue weighted by Gasteiger charge is -2.36. The van der Waals surface area contributed by atoms with Crippen molar-refractivity contribution in [2.24, 2.45) is 0 Å². The monoisotopic (exact) mass is 1220 g/mol. The quantitative estimate of drug-likeness (QED) is 0.0137. The molecule has 9 rings (SSSR count). The van der Waals surface area contributed by atoms with E-state index in [0.717, 1.165) is 205 Å². The molecular weight excluding hydrogens is 1130 g/mol. The van der Waals surface area contributed by atoms with E-state index in [2.05, 4.69) is 111 Å². The molecule has 0 saturated carbocycles. The Morgan fingerprint density at radius 1 is 0.591 bits per heavy atom. The summed E-state index contributed by atoms with van der Waals surface area (Å²) in [5, 5.41) is 2.23. The van der Waals surface area contributed by atoms with E-state index < -0.39 is 35.0 Å². The van der Waals surface area contributed by atoms with Crippen molar-refractivity contribution >= 4 is 72.9 Å². The van der Waals surface area contributed by atoms with Crippen LogP contribution in [0.1, 0.15) is 121 Å². The number of carbonyl (C=O) groups excluding carboxylic acids is 2. The van der Waals surface area contributed by atoms with Crippen LogP contribution in [0, 0.1) is 23.3 Å². The molecule has 0 radical (unpaired) electrons. The van der Waals surface area contributed by atoms with Gasteiger partial charge in [0.05, 0.1) is 54.9 Å². The van der Waals surface area contributed by atoms with Gasteiger partial charge in [0.25, 0.3) is 0 Å². The van der Waals surface area contributed by atoms with Crippen LogP contribution in [0.3, 0.4) is 0 Å². The first-order valence-electron chi connectivity index (χ1n) is 31.8. The highest BCUT2D eigenvalue weighted by molar-refractivity contribution is 6.08. The fourth-order valence-electron chi connectivity index (χ4n) is 11.8. The highest BCUT2D eigenvalue weighted by Gasteiger charge is 2.26. The van der Waals surface area contributed by atoms with E-state index in [9.17, 15) is 27.2 Å². The first-order valence-corrected chi connectivity index (χ1v) is 31.8. The van der Waals surface area contributed by atoms with E-state index in [1.165, 1.54) is 10.9 Å². The van der Waals surface area contributed by atoms with Gasteiger partial charge in [0.15, 0.2) is 23.3 Å². The van der Waals surface area contributed by atoms with Crippen molar-refractivity contribution in [3.63, 3.8) is 0 Å². The maximum absolute atomic E-state index is 13.7. The molecule has 0 amide bonds. The average Bonchev–Trinajstić information content (AvgIpc) is 1.81. The summed E-state index contributed by atoms with van der Waals surface area (Å²) >= 11 is 0. The van der Waals surface area contributed by atoms with Crippen LogP contribution < -0.4 is 21.1 Å². The minimum atomic E-state index is -1.76. The molecule has 2 aliphatic rings. The smallest absolute Gasteiger partial charge is 0.313 e. The Bertz CT molecular complexity index is 3410. The zero-order chi connectivity index (χ0) is 62.9. The lowest BCUT2D eigenvalue weighted by molar-refractivity contribution is -0.136. The summed E-state index contributed by atoms with van der Waals surface area (Å²) in [7, 11) is 8.46. The van der Waals surface area contributed by atoms with Gasteiger partial charge < -0.3 is 54.4 Å². The number of rotatable bonds is 31. The van der Waals surface area contributed by atoms with Gasteiger partial charge in [0.1, 0.15) is 28.5 Å². The third kappa shape index (κ3) is 17.9. The summed E-state index contributed by atoms with van der Waals surface area (Å²) in [6.45, 7) is 18.3. The van der Waals surface area contributed by atoms with Crippen molar-refractivity contribution in [2.75, 3.05) is 136 Å². The summed E-state index contributed by atoms with van der Waals surface area (Å²) in [5.74, 6) is -5.37. The van der Waals surface area contributed by atoms with Crippen molar-refractivity contribution in [3.05, 3.63) is 82.9 Å². The Balaban J connectivity index is 0.000000234. The molecule has 7 aromatic rings. The number of benzene rings is 3.